The smallest absolute Gasteiger partial charge is 0.243 e. The molecule has 1 saturated heterocycles. The summed E-state index contributed by atoms with van der Waals surface area (Å²) in [5, 5.41) is 73.2. The molecule has 0 spiro atoms. The van der Waals surface area contributed by atoms with Crippen molar-refractivity contribution in [3.63, 3.8) is 0 Å². The van der Waals surface area contributed by atoms with Gasteiger partial charge >= 0.3 is 0 Å². The molecule has 3 aliphatic heterocycles. The fourth-order valence-electron chi connectivity index (χ4n) is 8.93. The highest BCUT2D eigenvalue weighted by Crippen LogP contribution is 2.32. The van der Waals surface area contributed by atoms with Crippen molar-refractivity contribution in [3.8, 4) is 0 Å². The molecule has 2 bridgehead atoms. The van der Waals surface area contributed by atoms with Crippen molar-refractivity contribution < 1.29 is 58.8 Å². The standard InChI is InChI=1S/C49H70N12O12S/c1-6-24(2)41-46(71)53-19-39(66)55-35-23-74-48-31(30-9-7-8-10-32(30)58-48)16-33(44(69)52-20-40(67)60-41)56-47(72)42(25(3)36(64)22-62)59-37-15-29(63)21-61(37)49(73)34(57-45(35)70)17-38(65)51-18-27-11-13-28(14-12-27)54-43(68)26(4)50-5/h7-14,24-26,29,33-37,41-42,49-50,58-59,62-64,73H,6,15-23H2,1-5H3,(H,51,65)(H,52,69)(H,53,71)(H,54,68)(H,55,66)(H,56,72)(H,57,70)(H,60,67)/t24-,25-,26-,29+,33+,34-,35?,36-,37-,41-,42-,49-/m0/s1. The van der Waals surface area contributed by atoms with Gasteiger partial charge in [0, 0.05) is 54.2 Å². The van der Waals surface area contributed by atoms with Gasteiger partial charge in [0.25, 0.3) is 0 Å². The van der Waals surface area contributed by atoms with Crippen molar-refractivity contribution in [1.82, 2.24) is 57.7 Å². The number of benzene rings is 2. The number of aromatic amines is 1. The molecule has 25 heteroatoms. The highest BCUT2D eigenvalue weighted by Gasteiger charge is 2.44. The van der Waals surface area contributed by atoms with Gasteiger partial charge in [0.15, 0.2) is 0 Å². The van der Waals surface area contributed by atoms with Gasteiger partial charge in [-0.15, -0.1) is 11.8 Å². The number of hydrogen-bond acceptors (Lipinski definition) is 16. The molecule has 404 valence electrons. The molecule has 4 heterocycles. The Bertz CT molecular complexity index is 2500. The van der Waals surface area contributed by atoms with Crippen LogP contribution in [0.25, 0.3) is 10.9 Å². The first-order valence-corrected chi connectivity index (χ1v) is 25.8. The number of anilines is 1. The van der Waals surface area contributed by atoms with Gasteiger partial charge in [0.05, 0.1) is 67.6 Å². The molecule has 24 nitrogen and oxygen atoms in total. The van der Waals surface area contributed by atoms with Crippen molar-refractivity contribution in [3.05, 3.63) is 59.7 Å². The highest BCUT2D eigenvalue weighted by atomic mass is 32.2. The van der Waals surface area contributed by atoms with Gasteiger partial charge in [0.2, 0.25) is 47.3 Å². The Balaban J connectivity index is 1.42. The molecule has 2 aromatic carbocycles. The topological polar surface area (TPSA) is 357 Å². The minimum atomic E-state index is -1.77. The first kappa shape index (κ1) is 57.1. The van der Waals surface area contributed by atoms with E-state index in [2.05, 4.69) is 58.2 Å². The average Bonchev–Trinajstić information content (AvgIpc) is 3.94. The maximum absolute atomic E-state index is 14.8. The first-order valence-electron chi connectivity index (χ1n) is 24.8. The van der Waals surface area contributed by atoms with E-state index in [0.717, 1.165) is 11.8 Å². The predicted octanol–water partition coefficient (Wildman–Crippen LogP) is -3.04. The molecule has 1 unspecified atom stereocenters. The molecule has 3 aliphatic rings. The predicted molar refractivity (Wildman–Crippen MR) is 272 cm³/mol. The van der Waals surface area contributed by atoms with Crippen LogP contribution in [0.15, 0.2) is 53.6 Å². The number of amides is 8. The summed E-state index contributed by atoms with van der Waals surface area (Å²) in [6.45, 7) is 4.46. The zero-order chi connectivity index (χ0) is 53.8. The van der Waals surface area contributed by atoms with Crippen LogP contribution in [-0.2, 0) is 51.3 Å². The summed E-state index contributed by atoms with van der Waals surface area (Å²) in [6, 6.07) is 6.50. The summed E-state index contributed by atoms with van der Waals surface area (Å²) in [5.74, 6) is -7.33. The van der Waals surface area contributed by atoms with Crippen molar-refractivity contribution in [1.29, 1.82) is 0 Å². The third-order valence-corrected chi connectivity index (χ3v) is 14.9. The van der Waals surface area contributed by atoms with Crippen molar-refractivity contribution in [2.45, 2.75) is 126 Å². The third-order valence-electron chi connectivity index (χ3n) is 13.8. The Hall–Kier alpha value is -6.19. The van der Waals surface area contributed by atoms with E-state index in [9.17, 15) is 58.8 Å². The Labute approximate surface area is 432 Å². The minimum absolute atomic E-state index is 0.000320. The number of H-pyrrole nitrogens is 1. The second-order valence-electron chi connectivity index (χ2n) is 19.1. The van der Waals surface area contributed by atoms with Crippen LogP contribution in [0.5, 0.6) is 0 Å². The molecule has 15 N–H and O–H groups in total. The lowest BCUT2D eigenvalue weighted by Crippen LogP contribution is -2.63. The fourth-order valence-corrected chi connectivity index (χ4v) is 10.0. The zero-order valence-electron chi connectivity index (χ0n) is 42.0. The second-order valence-corrected chi connectivity index (χ2v) is 20.1. The van der Waals surface area contributed by atoms with E-state index in [1.54, 1.807) is 76.3 Å². The number of likely N-dealkylation sites (N-methyl/N-ethyl adjacent to an activating group) is 1. The van der Waals surface area contributed by atoms with Gasteiger partial charge in [-0.05, 0) is 49.2 Å². The quantitative estimate of drug-likeness (QED) is 0.0858. The summed E-state index contributed by atoms with van der Waals surface area (Å²) in [6.07, 6.45) is -5.92. The van der Waals surface area contributed by atoms with Gasteiger partial charge in [-0.1, -0.05) is 57.5 Å². The highest BCUT2D eigenvalue weighted by molar-refractivity contribution is 7.99. The molecular formula is C49H70N12O12S. The van der Waals surface area contributed by atoms with Crippen LogP contribution in [0.2, 0.25) is 0 Å². The Kier molecular flexibility index (Phi) is 20.3. The number of fused-ring (bicyclic) bond motifs is 5. The largest absolute Gasteiger partial charge is 0.394 e. The Morgan fingerprint density at radius 3 is 2.22 bits per heavy atom. The van der Waals surface area contributed by atoms with Crippen molar-refractivity contribution in [2.75, 3.05) is 44.4 Å². The maximum Gasteiger partial charge on any atom is 0.243 e. The molecule has 0 radical (unpaired) electrons. The van der Waals surface area contributed by atoms with Crippen LogP contribution in [0.4, 0.5) is 5.69 Å². The number of para-hydroxylation sites is 1. The lowest BCUT2D eigenvalue weighted by Gasteiger charge is -2.38. The van der Waals surface area contributed by atoms with Crippen LogP contribution in [0, 0.1) is 11.8 Å². The second kappa shape index (κ2) is 26.3. The Morgan fingerprint density at radius 1 is 0.838 bits per heavy atom. The third kappa shape index (κ3) is 14.8. The molecule has 1 fully saturated rings. The number of aromatic nitrogens is 1. The van der Waals surface area contributed by atoms with E-state index in [0.29, 0.717) is 39.2 Å². The molecule has 1 aromatic heterocycles. The number of hydrogen-bond donors (Lipinski definition) is 15. The number of carbonyl (C=O) groups is 8. The monoisotopic (exact) mass is 1050 g/mol. The van der Waals surface area contributed by atoms with Gasteiger partial charge < -0.3 is 73.3 Å². The van der Waals surface area contributed by atoms with E-state index in [1.165, 1.54) is 11.8 Å². The summed E-state index contributed by atoms with van der Waals surface area (Å²) in [4.78, 5) is 116. The number of nitrogens with zero attached hydrogens (tertiary/aromatic N) is 1. The van der Waals surface area contributed by atoms with Crippen LogP contribution in [0.3, 0.4) is 0 Å². The number of aliphatic hydroxyl groups is 4. The van der Waals surface area contributed by atoms with E-state index in [4.69, 9.17) is 0 Å². The molecule has 8 amide bonds. The van der Waals surface area contributed by atoms with E-state index < -0.39 is 140 Å². The summed E-state index contributed by atoms with van der Waals surface area (Å²) in [7, 11) is 1.66. The molecule has 6 rings (SSSR count). The number of rotatable bonds is 12. The van der Waals surface area contributed by atoms with Crippen LogP contribution < -0.4 is 53.2 Å². The summed E-state index contributed by atoms with van der Waals surface area (Å²) in [5.41, 5.74) is 2.31. The summed E-state index contributed by atoms with van der Waals surface area (Å²) < 4.78 is 0. The normalized spacial score (nSPS) is 26.7. The van der Waals surface area contributed by atoms with Gasteiger partial charge in [-0.3, -0.25) is 48.6 Å². The first-order chi connectivity index (χ1) is 35.3. The van der Waals surface area contributed by atoms with Crippen LogP contribution >= 0.6 is 11.8 Å². The number of aliphatic hydroxyl groups excluding tert-OH is 4. The molecular weight excluding hydrogens is 981 g/mol. The van der Waals surface area contributed by atoms with Crippen molar-refractivity contribution in [2.24, 2.45) is 11.8 Å². The van der Waals surface area contributed by atoms with Gasteiger partial charge in [-0.25, -0.2) is 0 Å². The summed E-state index contributed by atoms with van der Waals surface area (Å²) >= 11 is 1.09. The van der Waals surface area contributed by atoms with E-state index in [-0.39, 0.29) is 37.6 Å². The Morgan fingerprint density at radius 2 is 1.53 bits per heavy atom. The SMILES string of the molecule is CC[C@H](C)[C@@H]1NC(=O)CNC(=O)[C@H]2Cc3c([nH]c4ccccc34)SCC(NC(=O)CNC1=O)C(=O)N[C@@H](CC(=O)NCc1ccc(NC(=O)[C@H](C)NC)cc1)[C@H](O)N1C[C@H](O)C[C@H]1N[C@@H]([C@@H](C)[C@@H](O)CO)C(=O)N2. The van der Waals surface area contributed by atoms with Gasteiger partial charge in [-0.2, -0.15) is 0 Å². The van der Waals surface area contributed by atoms with Crippen molar-refractivity contribution >= 4 is 75.6 Å². The lowest BCUT2D eigenvalue weighted by molar-refractivity contribution is -0.134. The fraction of sp³-hybridized carbons (Fsp3) is 0.551. The van der Waals surface area contributed by atoms with Crippen LogP contribution in [-0.4, -0.2) is 177 Å². The molecule has 12 atom stereocenters. The lowest BCUT2D eigenvalue weighted by atomic mass is 9.94. The molecule has 3 aromatic rings. The maximum atomic E-state index is 14.8. The molecule has 0 saturated carbocycles. The molecule has 0 aliphatic carbocycles. The zero-order valence-corrected chi connectivity index (χ0v) is 42.8. The average molecular weight is 1050 g/mol. The van der Waals surface area contributed by atoms with E-state index >= 15 is 0 Å². The van der Waals surface area contributed by atoms with Crippen LogP contribution in [0.1, 0.15) is 58.1 Å². The number of nitrogens with one attached hydrogen (secondary N) is 11. The number of thioether (sulfide) groups is 1. The molecule has 74 heavy (non-hydrogen) atoms. The minimum Gasteiger partial charge on any atom is -0.394 e. The van der Waals surface area contributed by atoms with Gasteiger partial charge in [0.1, 0.15) is 24.4 Å². The van der Waals surface area contributed by atoms with E-state index in [1.807, 2.05) is 0 Å². The number of carbonyl (C=O) groups excluding carboxylic acids is 8.